The van der Waals surface area contributed by atoms with Gasteiger partial charge in [0.2, 0.25) is 0 Å². The molecule has 0 spiro atoms. The van der Waals surface area contributed by atoms with Gasteiger partial charge in [0.1, 0.15) is 5.75 Å². The van der Waals surface area contributed by atoms with Crippen molar-refractivity contribution >= 4 is 28.8 Å². The van der Waals surface area contributed by atoms with Crippen molar-refractivity contribution in [2.24, 2.45) is 0 Å². The maximum atomic E-state index is 11.5. The van der Waals surface area contributed by atoms with E-state index < -0.39 is 0 Å². The number of hydrogen-bond acceptors (Lipinski definition) is 3. The molecule has 0 aliphatic carbocycles. The number of nitrogens with zero attached hydrogens (tertiary/aromatic N) is 1. The van der Waals surface area contributed by atoms with Crippen molar-refractivity contribution in [1.82, 2.24) is 4.90 Å². The van der Waals surface area contributed by atoms with E-state index in [1.165, 1.54) is 16.7 Å². The largest absolute Gasteiger partial charge is 0.482 e. The third kappa shape index (κ3) is 3.92. The monoisotopic (exact) mass is 368 g/mol. The van der Waals surface area contributed by atoms with E-state index in [1.807, 2.05) is 24.3 Å². The zero-order valence-electron chi connectivity index (χ0n) is 14.5. The van der Waals surface area contributed by atoms with Crippen LogP contribution in [-0.2, 0) is 11.2 Å². The molecule has 134 valence electrons. The van der Waals surface area contributed by atoms with Crippen LogP contribution in [0.4, 0.5) is 5.69 Å². The van der Waals surface area contributed by atoms with Crippen molar-refractivity contribution in [3.8, 4) is 5.75 Å². The van der Waals surface area contributed by atoms with Crippen LogP contribution in [0.5, 0.6) is 5.75 Å². The molecule has 26 heavy (non-hydrogen) atoms. The highest BCUT2D eigenvalue weighted by molar-refractivity contribution is 6.30. The third-order valence-electron chi connectivity index (χ3n) is 4.90. The first kappa shape index (κ1) is 17.1. The van der Waals surface area contributed by atoms with E-state index in [2.05, 4.69) is 34.5 Å². The number of rotatable bonds is 4. The van der Waals surface area contributed by atoms with Crippen LogP contribution in [0.1, 0.15) is 17.5 Å². The molecule has 0 atom stereocenters. The van der Waals surface area contributed by atoms with Gasteiger partial charge in [0.05, 0.1) is 5.69 Å². The number of anilines is 1. The van der Waals surface area contributed by atoms with E-state index in [4.69, 9.17) is 16.3 Å². The Hall–Kier alpha value is -2.30. The Kier molecular flexibility index (Phi) is 4.96. The fourth-order valence-electron chi connectivity index (χ4n) is 3.41. The van der Waals surface area contributed by atoms with E-state index in [0.717, 1.165) is 48.9 Å². The summed E-state index contributed by atoms with van der Waals surface area (Å²) in [4.78, 5) is 13.9. The number of amides is 1. The second-order valence-corrected chi connectivity index (χ2v) is 7.14. The Morgan fingerprint density at radius 2 is 2.00 bits per heavy atom. The molecule has 0 saturated carbocycles. The molecule has 0 radical (unpaired) electrons. The number of fused-ring (bicyclic) bond motifs is 1. The van der Waals surface area contributed by atoms with Gasteiger partial charge >= 0.3 is 0 Å². The van der Waals surface area contributed by atoms with Gasteiger partial charge in [0.15, 0.2) is 6.61 Å². The van der Waals surface area contributed by atoms with Gasteiger partial charge in [-0.15, -0.1) is 0 Å². The summed E-state index contributed by atoms with van der Waals surface area (Å²) in [6.07, 6.45) is 4.32. The lowest BCUT2D eigenvalue weighted by molar-refractivity contribution is -0.118. The number of carbonyl (C=O) groups excluding carboxylic acids is 1. The Morgan fingerprint density at radius 3 is 2.77 bits per heavy atom. The zero-order chi connectivity index (χ0) is 17.9. The SMILES string of the molecule is O=C1COc2ccc(CCN3CC=C(c4ccc(Cl)cc4)CC3)cc2N1. The number of nitrogens with one attached hydrogen (secondary N) is 1. The number of benzene rings is 2. The Morgan fingerprint density at radius 1 is 1.15 bits per heavy atom. The first-order valence-corrected chi connectivity index (χ1v) is 9.28. The van der Waals surface area contributed by atoms with Crippen LogP contribution >= 0.6 is 11.6 Å². The molecule has 2 aliphatic rings. The summed E-state index contributed by atoms with van der Waals surface area (Å²) < 4.78 is 5.41. The predicted molar refractivity (Wildman–Crippen MR) is 105 cm³/mol. The van der Waals surface area contributed by atoms with E-state index in [9.17, 15) is 4.79 Å². The molecule has 4 nitrogen and oxygen atoms in total. The van der Waals surface area contributed by atoms with Crippen LogP contribution in [0.2, 0.25) is 5.02 Å². The van der Waals surface area contributed by atoms with E-state index in [0.29, 0.717) is 0 Å². The molecule has 1 amide bonds. The van der Waals surface area contributed by atoms with Crippen molar-refractivity contribution in [3.63, 3.8) is 0 Å². The molecule has 5 heteroatoms. The van der Waals surface area contributed by atoms with Crippen molar-refractivity contribution in [2.75, 3.05) is 31.6 Å². The molecule has 0 fully saturated rings. The highest BCUT2D eigenvalue weighted by Crippen LogP contribution is 2.29. The maximum Gasteiger partial charge on any atom is 0.262 e. The summed E-state index contributed by atoms with van der Waals surface area (Å²) in [5, 5.41) is 3.65. The van der Waals surface area contributed by atoms with Crippen molar-refractivity contribution in [1.29, 1.82) is 0 Å². The molecule has 2 aliphatic heterocycles. The molecular weight excluding hydrogens is 348 g/mol. The summed E-state index contributed by atoms with van der Waals surface area (Å²) >= 11 is 5.97. The lowest BCUT2D eigenvalue weighted by Gasteiger charge is -2.26. The van der Waals surface area contributed by atoms with Crippen LogP contribution < -0.4 is 10.1 Å². The fraction of sp³-hybridized carbons (Fsp3) is 0.286. The predicted octanol–water partition coefficient (Wildman–Crippen LogP) is 4.00. The second kappa shape index (κ2) is 7.52. The smallest absolute Gasteiger partial charge is 0.262 e. The van der Waals surface area contributed by atoms with Crippen LogP contribution in [0.3, 0.4) is 0 Å². The average molecular weight is 369 g/mol. The first-order chi connectivity index (χ1) is 12.7. The van der Waals surface area contributed by atoms with Crippen LogP contribution in [0.15, 0.2) is 48.5 Å². The molecule has 1 N–H and O–H groups in total. The molecule has 0 aromatic heterocycles. The highest BCUT2D eigenvalue weighted by Gasteiger charge is 2.17. The van der Waals surface area contributed by atoms with E-state index in [-0.39, 0.29) is 12.5 Å². The Bertz CT molecular complexity index is 846. The summed E-state index contributed by atoms with van der Waals surface area (Å²) in [7, 11) is 0. The maximum absolute atomic E-state index is 11.5. The first-order valence-electron chi connectivity index (χ1n) is 8.90. The number of hydrogen-bond donors (Lipinski definition) is 1. The summed E-state index contributed by atoms with van der Waals surface area (Å²) in [5.74, 6) is 0.660. The lowest BCUT2D eigenvalue weighted by atomic mass is 9.99. The molecule has 2 aromatic carbocycles. The van der Waals surface area contributed by atoms with Crippen molar-refractivity contribution in [2.45, 2.75) is 12.8 Å². The standard InChI is InChI=1S/C21H21ClN2O2/c22-18-4-2-16(3-5-18)17-8-11-24(12-9-17)10-7-15-1-6-20-19(13-15)23-21(25)14-26-20/h1-6,8,13H,7,9-12,14H2,(H,23,25). The minimum atomic E-state index is -0.0921. The summed E-state index contributed by atoms with van der Waals surface area (Å²) in [6, 6.07) is 14.1. The Labute approximate surface area is 158 Å². The van der Waals surface area contributed by atoms with Crippen molar-refractivity contribution in [3.05, 3.63) is 64.7 Å². The Balaban J connectivity index is 1.34. The molecule has 0 unspecified atom stereocenters. The molecule has 2 aromatic rings. The van der Waals surface area contributed by atoms with Gasteiger partial charge in [-0.3, -0.25) is 9.69 Å². The molecule has 4 rings (SSSR count). The quantitative estimate of drug-likeness (QED) is 0.886. The highest BCUT2D eigenvalue weighted by atomic mass is 35.5. The number of halogens is 1. The molecule has 2 heterocycles. The van der Waals surface area contributed by atoms with Crippen LogP contribution in [0.25, 0.3) is 5.57 Å². The van der Waals surface area contributed by atoms with Gasteiger partial charge < -0.3 is 10.1 Å². The normalized spacial score (nSPS) is 17.1. The van der Waals surface area contributed by atoms with E-state index >= 15 is 0 Å². The van der Waals surface area contributed by atoms with Gasteiger partial charge in [-0.1, -0.05) is 35.9 Å². The van der Waals surface area contributed by atoms with Crippen molar-refractivity contribution < 1.29 is 9.53 Å². The van der Waals surface area contributed by atoms with Gasteiger partial charge in [-0.25, -0.2) is 0 Å². The molecule has 0 saturated heterocycles. The minimum absolute atomic E-state index is 0.0921. The lowest BCUT2D eigenvalue weighted by Crippen LogP contribution is -2.30. The average Bonchev–Trinajstić information content (AvgIpc) is 2.67. The fourth-order valence-corrected chi connectivity index (χ4v) is 3.54. The van der Waals surface area contributed by atoms with Gasteiger partial charge in [0, 0.05) is 24.7 Å². The van der Waals surface area contributed by atoms with Gasteiger partial charge in [-0.05, 0) is 53.8 Å². The molecule has 0 bridgehead atoms. The summed E-state index contributed by atoms with van der Waals surface area (Å²) in [6.45, 7) is 3.11. The van der Waals surface area contributed by atoms with E-state index in [1.54, 1.807) is 0 Å². The molecular formula is C21H21ClN2O2. The van der Waals surface area contributed by atoms with Gasteiger partial charge in [-0.2, -0.15) is 0 Å². The second-order valence-electron chi connectivity index (χ2n) is 6.70. The zero-order valence-corrected chi connectivity index (χ0v) is 15.3. The topological polar surface area (TPSA) is 41.6 Å². The minimum Gasteiger partial charge on any atom is -0.482 e. The van der Waals surface area contributed by atoms with Gasteiger partial charge in [0.25, 0.3) is 5.91 Å². The third-order valence-corrected chi connectivity index (χ3v) is 5.15. The summed E-state index contributed by atoms with van der Waals surface area (Å²) in [5.41, 5.74) is 4.65. The van der Waals surface area contributed by atoms with Crippen LogP contribution in [0, 0.1) is 0 Å². The number of carbonyl (C=O) groups is 1. The van der Waals surface area contributed by atoms with Crippen LogP contribution in [-0.4, -0.2) is 37.0 Å². The number of ether oxygens (including phenoxy) is 1.